The molecule has 7 nitrogen and oxygen atoms in total. The van der Waals surface area contributed by atoms with Crippen LogP contribution >= 0.6 is 0 Å². The monoisotopic (exact) mass is 444 g/mol. The molecule has 0 heterocycles. The second kappa shape index (κ2) is 15.7. The molecule has 0 saturated carbocycles. The SMILES string of the molecule is CC.CC(C)(C)OC(=O)N(C=O)CCc1ccc(N)cc1.CNCCc1ccc(N)cc1. The van der Waals surface area contributed by atoms with Gasteiger partial charge in [0.15, 0.2) is 0 Å². The number of nitrogens with one attached hydrogen (secondary N) is 1. The molecule has 2 aromatic carbocycles. The van der Waals surface area contributed by atoms with Gasteiger partial charge in [0, 0.05) is 17.9 Å². The number of nitrogens with two attached hydrogens (primary N) is 2. The first-order chi connectivity index (χ1) is 15.1. The van der Waals surface area contributed by atoms with Crippen molar-refractivity contribution in [2.75, 3.05) is 31.6 Å². The molecule has 178 valence electrons. The summed E-state index contributed by atoms with van der Waals surface area (Å²) in [5, 5.41) is 3.10. The number of nitrogens with zero attached hydrogens (tertiary/aromatic N) is 1. The molecule has 2 aromatic rings. The number of benzene rings is 2. The Labute approximate surface area is 193 Å². The molecule has 0 saturated heterocycles. The summed E-state index contributed by atoms with van der Waals surface area (Å²) in [5.74, 6) is 0. The molecule has 0 fully saturated rings. The summed E-state index contributed by atoms with van der Waals surface area (Å²) in [6.07, 6.45) is 1.50. The van der Waals surface area contributed by atoms with E-state index in [1.807, 2.05) is 45.2 Å². The third-order valence-electron chi connectivity index (χ3n) is 4.02. The summed E-state index contributed by atoms with van der Waals surface area (Å²) < 4.78 is 5.13. The average molecular weight is 445 g/mol. The van der Waals surface area contributed by atoms with E-state index in [0.29, 0.717) is 18.5 Å². The van der Waals surface area contributed by atoms with Crippen LogP contribution in [0.25, 0.3) is 0 Å². The van der Waals surface area contributed by atoms with Gasteiger partial charge >= 0.3 is 6.09 Å². The molecule has 2 rings (SSSR count). The first kappa shape index (κ1) is 28.9. The van der Waals surface area contributed by atoms with Gasteiger partial charge in [0.1, 0.15) is 5.60 Å². The maximum atomic E-state index is 11.7. The van der Waals surface area contributed by atoms with Crippen LogP contribution in [-0.2, 0) is 22.4 Å². The minimum atomic E-state index is -0.627. The Morgan fingerprint density at radius 1 is 0.938 bits per heavy atom. The number of carbonyl (C=O) groups excluding carboxylic acids is 2. The fraction of sp³-hybridized carbons (Fsp3) is 0.440. The Kier molecular flexibility index (Phi) is 14.2. The summed E-state index contributed by atoms with van der Waals surface area (Å²) in [5.41, 5.74) is 14.4. The minimum Gasteiger partial charge on any atom is -0.443 e. The molecule has 32 heavy (non-hydrogen) atoms. The van der Waals surface area contributed by atoms with Crippen LogP contribution in [0, 0.1) is 0 Å². The summed E-state index contributed by atoms with van der Waals surface area (Å²) in [7, 11) is 1.96. The van der Waals surface area contributed by atoms with E-state index in [2.05, 4.69) is 17.4 Å². The van der Waals surface area contributed by atoms with Crippen molar-refractivity contribution in [2.45, 2.75) is 53.1 Å². The standard InChI is InChI=1S/C14H20N2O3.C9H14N2.C2H6/c1-14(2,3)19-13(18)16(10-17)9-8-11-4-6-12(15)7-5-11;1-11-7-6-8-2-4-9(10)5-3-8;1-2/h4-7,10H,8-9,15H2,1-3H3;2-5,11H,6-7,10H2,1H3;1-2H3. The first-order valence-electron chi connectivity index (χ1n) is 10.9. The van der Waals surface area contributed by atoms with Gasteiger partial charge in [0.05, 0.1) is 0 Å². The molecule has 0 atom stereocenters. The number of likely N-dealkylation sites (N-methyl/N-ethyl adjacent to an activating group) is 1. The van der Waals surface area contributed by atoms with E-state index in [9.17, 15) is 9.59 Å². The maximum Gasteiger partial charge on any atom is 0.416 e. The average Bonchev–Trinajstić information content (AvgIpc) is 2.76. The quantitative estimate of drug-likeness (QED) is 0.435. The van der Waals surface area contributed by atoms with Crippen LogP contribution in [0.3, 0.4) is 0 Å². The number of rotatable bonds is 7. The van der Waals surface area contributed by atoms with Crippen molar-refractivity contribution >= 4 is 23.9 Å². The largest absolute Gasteiger partial charge is 0.443 e. The molecule has 0 aromatic heterocycles. The zero-order valence-electron chi connectivity index (χ0n) is 20.4. The van der Waals surface area contributed by atoms with Gasteiger partial charge in [-0.05, 0) is 82.6 Å². The lowest BCUT2D eigenvalue weighted by molar-refractivity contribution is -0.117. The van der Waals surface area contributed by atoms with Gasteiger partial charge in [-0.1, -0.05) is 38.1 Å². The number of hydrogen-bond acceptors (Lipinski definition) is 6. The number of hydrogen-bond donors (Lipinski definition) is 3. The van der Waals surface area contributed by atoms with Crippen LogP contribution in [0.1, 0.15) is 45.7 Å². The molecule has 7 heteroatoms. The predicted octanol–water partition coefficient (Wildman–Crippen LogP) is 4.26. The first-order valence-corrected chi connectivity index (χ1v) is 10.9. The highest BCUT2D eigenvalue weighted by atomic mass is 16.6. The molecule has 5 N–H and O–H groups in total. The lowest BCUT2D eigenvalue weighted by atomic mass is 10.1. The third-order valence-corrected chi connectivity index (χ3v) is 4.02. The van der Waals surface area contributed by atoms with Crippen molar-refractivity contribution in [1.82, 2.24) is 10.2 Å². The van der Waals surface area contributed by atoms with Gasteiger partial charge in [-0.3, -0.25) is 4.79 Å². The molecule has 0 unspecified atom stereocenters. The molecular formula is C25H40N4O3. The normalized spacial score (nSPS) is 10.1. The Balaban J connectivity index is 0.000000626. The molecule has 0 bridgehead atoms. The van der Waals surface area contributed by atoms with Crippen LogP contribution in [0.15, 0.2) is 48.5 Å². The Morgan fingerprint density at radius 2 is 1.38 bits per heavy atom. The summed E-state index contributed by atoms with van der Waals surface area (Å²) >= 11 is 0. The number of ether oxygens (including phenoxy) is 1. The Bertz CT molecular complexity index is 769. The third kappa shape index (κ3) is 13.3. The zero-order chi connectivity index (χ0) is 24.6. The number of nitrogen functional groups attached to an aromatic ring is 2. The van der Waals surface area contributed by atoms with E-state index in [1.165, 1.54) is 5.56 Å². The van der Waals surface area contributed by atoms with E-state index >= 15 is 0 Å². The second-order valence-corrected chi connectivity index (χ2v) is 7.87. The number of carbonyl (C=O) groups is 2. The molecular weight excluding hydrogens is 404 g/mol. The van der Waals surface area contributed by atoms with E-state index < -0.39 is 11.7 Å². The topological polar surface area (TPSA) is 111 Å². The van der Waals surface area contributed by atoms with Crippen molar-refractivity contribution in [3.63, 3.8) is 0 Å². The summed E-state index contributed by atoms with van der Waals surface area (Å²) in [6.45, 7) is 10.6. The molecule has 0 aliphatic heterocycles. The van der Waals surface area contributed by atoms with Crippen LogP contribution in [0.5, 0.6) is 0 Å². The fourth-order valence-corrected chi connectivity index (χ4v) is 2.40. The highest BCUT2D eigenvalue weighted by Gasteiger charge is 2.21. The number of anilines is 2. The predicted molar refractivity (Wildman–Crippen MR) is 133 cm³/mol. The molecule has 0 aliphatic rings. The fourth-order valence-electron chi connectivity index (χ4n) is 2.40. The number of imide groups is 1. The maximum absolute atomic E-state index is 11.7. The number of amides is 2. The Hall–Kier alpha value is -3.06. The van der Waals surface area contributed by atoms with Crippen molar-refractivity contribution in [2.24, 2.45) is 0 Å². The van der Waals surface area contributed by atoms with Crippen molar-refractivity contribution in [3.8, 4) is 0 Å². The van der Waals surface area contributed by atoms with Gasteiger partial charge in [0.25, 0.3) is 0 Å². The molecule has 0 spiro atoms. The lowest BCUT2D eigenvalue weighted by Crippen LogP contribution is -2.37. The van der Waals surface area contributed by atoms with Crippen LogP contribution < -0.4 is 16.8 Å². The summed E-state index contributed by atoms with van der Waals surface area (Å²) in [4.78, 5) is 23.7. The van der Waals surface area contributed by atoms with Crippen LogP contribution in [0.2, 0.25) is 0 Å². The molecule has 0 aliphatic carbocycles. The minimum absolute atomic E-state index is 0.280. The van der Waals surface area contributed by atoms with Crippen molar-refractivity contribution < 1.29 is 14.3 Å². The molecule has 0 radical (unpaired) electrons. The van der Waals surface area contributed by atoms with Crippen LogP contribution in [-0.4, -0.2) is 43.1 Å². The second-order valence-electron chi connectivity index (χ2n) is 7.87. The van der Waals surface area contributed by atoms with Gasteiger partial charge in [-0.2, -0.15) is 0 Å². The van der Waals surface area contributed by atoms with Gasteiger partial charge in [-0.15, -0.1) is 0 Å². The van der Waals surface area contributed by atoms with Crippen molar-refractivity contribution in [3.05, 3.63) is 59.7 Å². The van der Waals surface area contributed by atoms with Gasteiger partial charge in [0.2, 0.25) is 6.41 Å². The zero-order valence-corrected chi connectivity index (χ0v) is 20.4. The van der Waals surface area contributed by atoms with E-state index in [4.69, 9.17) is 16.2 Å². The van der Waals surface area contributed by atoms with E-state index in [1.54, 1.807) is 32.9 Å². The van der Waals surface area contributed by atoms with E-state index in [0.717, 1.165) is 29.1 Å². The smallest absolute Gasteiger partial charge is 0.416 e. The summed E-state index contributed by atoms with van der Waals surface area (Å²) in [6, 6.07) is 15.3. The van der Waals surface area contributed by atoms with Gasteiger partial charge in [-0.25, -0.2) is 9.69 Å². The highest BCUT2D eigenvalue weighted by molar-refractivity contribution is 5.80. The highest BCUT2D eigenvalue weighted by Crippen LogP contribution is 2.11. The van der Waals surface area contributed by atoms with Crippen LogP contribution in [0.4, 0.5) is 16.2 Å². The lowest BCUT2D eigenvalue weighted by Gasteiger charge is -2.23. The Morgan fingerprint density at radius 3 is 1.75 bits per heavy atom. The van der Waals surface area contributed by atoms with E-state index in [-0.39, 0.29) is 6.54 Å². The van der Waals surface area contributed by atoms with Gasteiger partial charge < -0.3 is 21.5 Å². The molecule has 2 amide bonds. The van der Waals surface area contributed by atoms with Crippen molar-refractivity contribution in [1.29, 1.82) is 0 Å².